The average molecular weight is 396 g/mol. The van der Waals surface area contributed by atoms with Gasteiger partial charge in [0.15, 0.2) is 0 Å². The van der Waals surface area contributed by atoms with Crippen molar-refractivity contribution in [1.29, 1.82) is 0 Å². The summed E-state index contributed by atoms with van der Waals surface area (Å²) < 4.78 is 38.3. The quantitative estimate of drug-likeness (QED) is 0.829. The molecule has 2 rings (SSSR count). The molecule has 9 heteroatoms. The van der Waals surface area contributed by atoms with Gasteiger partial charge in [-0.2, -0.15) is 4.31 Å². The molecule has 0 spiro atoms. The fraction of sp³-hybridized carbons (Fsp3) is 0.417. The minimum absolute atomic E-state index is 0.0260. The summed E-state index contributed by atoms with van der Waals surface area (Å²) in [7, 11) is -4.77. The molecule has 0 unspecified atom stereocenters. The van der Waals surface area contributed by atoms with Crippen molar-refractivity contribution in [3.8, 4) is 0 Å². The Hall–Kier alpha value is -0.770. The smallest absolute Gasteiger partial charge is 0.335 e. The number of aromatic carboxylic acids is 1. The summed E-state index contributed by atoms with van der Waals surface area (Å²) in [4.78, 5) is 11.1. The Morgan fingerprint density at radius 2 is 1.90 bits per heavy atom. The molecule has 21 heavy (non-hydrogen) atoms. The lowest BCUT2D eigenvalue weighted by Gasteiger charge is -2.26. The first kappa shape index (κ1) is 16.6. The fourth-order valence-corrected chi connectivity index (χ4v) is 5.63. The van der Waals surface area contributed by atoms with E-state index in [1.165, 1.54) is 16.4 Å². The van der Waals surface area contributed by atoms with E-state index in [0.29, 0.717) is 21.5 Å². The molecule has 0 saturated carbocycles. The predicted molar refractivity (Wildman–Crippen MR) is 82.5 cm³/mol. The van der Waals surface area contributed by atoms with Crippen molar-refractivity contribution in [3.05, 3.63) is 27.7 Å². The topological polar surface area (TPSA) is 91.8 Å². The molecule has 1 aromatic carbocycles. The molecule has 1 aromatic rings. The van der Waals surface area contributed by atoms with Crippen molar-refractivity contribution in [1.82, 2.24) is 4.31 Å². The van der Waals surface area contributed by atoms with Crippen LogP contribution in [0.5, 0.6) is 0 Å². The van der Waals surface area contributed by atoms with Crippen molar-refractivity contribution in [3.63, 3.8) is 0 Å². The van der Waals surface area contributed by atoms with Crippen LogP contribution in [0.4, 0.5) is 0 Å². The predicted octanol–water partition coefficient (Wildman–Crippen LogP) is 1.21. The van der Waals surface area contributed by atoms with Gasteiger partial charge in [-0.1, -0.05) is 15.9 Å². The Morgan fingerprint density at radius 1 is 1.33 bits per heavy atom. The van der Waals surface area contributed by atoms with Crippen LogP contribution in [0.1, 0.15) is 15.9 Å². The number of carbonyl (C=O) groups is 1. The third-order valence-corrected chi connectivity index (χ3v) is 7.42. The SMILES string of the molecule is Cc1c(Br)cc(C(=O)O)cc1S(=O)(=O)N1CCS(=O)CC1. The number of hydrogen-bond donors (Lipinski definition) is 1. The summed E-state index contributed by atoms with van der Waals surface area (Å²) in [6.07, 6.45) is 0. The molecule has 0 amide bonds. The number of rotatable bonds is 3. The maximum absolute atomic E-state index is 12.7. The minimum Gasteiger partial charge on any atom is -0.478 e. The number of halogens is 1. The number of carboxylic acids is 1. The highest BCUT2D eigenvalue weighted by atomic mass is 79.9. The molecule has 1 saturated heterocycles. The van der Waals surface area contributed by atoms with Crippen molar-refractivity contribution in [2.24, 2.45) is 0 Å². The first-order valence-electron chi connectivity index (χ1n) is 6.12. The summed E-state index contributed by atoms with van der Waals surface area (Å²) in [6, 6.07) is 2.55. The largest absolute Gasteiger partial charge is 0.478 e. The van der Waals surface area contributed by atoms with Gasteiger partial charge < -0.3 is 5.11 Å². The van der Waals surface area contributed by atoms with E-state index in [0.717, 1.165) is 0 Å². The van der Waals surface area contributed by atoms with Crippen LogP contribution in [-0.2, 0) is 20.8 Å². The summed E-state index contributed by atoms with van der Waals surface area (Å²) in [5.74, 6) is -0.581. The highest BCUT2D eigenvalue weighted by molar-refractivity contribution is 9.10. The van der Waals surface area contributed by atoms with Crippen molar-refractivity contribution in [2.45, 2.75) is 11.8 Å². The normalized spacial score (nSPS) is 17.8. The van der Waals surface area contributed by atoms with Gasteiger partial charge >= 0.3 is 5.97 Å². The Bertz CT molecular complexity index is 707. The molecule has 0 atom stereocenters. The second-order valence-electron chi connectivity index (χ2n) is 4.64. The first-order valence-corrected chi connectivity index (χ1v) is 9.84. The number of sulfonamides is 1. The van der Waals surface area contributed by atoms with Gasteiger partial charge in [-0.15, -0.1) is 0 Å². The van der Waals surface area contributed by atoms with Crippen molar-refractivity contribution < 1.29 is 22.5 Å². The van der Waals surface area contributed by atoms with Gasteiger partial charge in [-0.05, 0) is 24.6 Å². The molecule has 0 aliphatic carbocycles. The number of nitrogens with zero attached hydrogens (tertiary/aromatic N) is 1. The molecular formula is C12H14BrNO5S2. The zero-order chi connectivity index (χ0) is 15.8. The van der Waals surface area contributed by atoms with Gasteiger partial charge in [-0.25, -0.2) is 13.2 Å². The maximum atomic E-state index is 12.7. The molecule has 1 fully saturated rings. The molecule has 0 aromatic heterocycles. The number of benzene rings is 1. The Morgan fingerprint density at radius 3 is 2.43 bits per heavy atom. The average Bonchev–Trinajstić information content (AvgIpc) is 2.41. The third-order valence-electron chi connectivity index (χ3n) is 3.30. The molecule has 1 aliphatic heterocycles. The maximum Gasteiger partial charge on any atom is 0.335 e. The minimum atomic E-state index is -3.79. The molecule has 1 heterocycles. The van der Waals surface area contributed by atoms with Crippen LogP contribution >= 0.6 is 15.9 Å². The lowest BCUT2D eigenvalue weighted by molar-refractivity contribution is 0.0696. The van der Waals surface area contributed by atoms with Crippen LogP contribution in [0.15, 0.2) is 21.5 Å². The van der Waals surface area contributed by atoms with Crippen LogP contribution in [0.3, 0.4) is 0 Å². The van der Waals surface area contributed by atoms with Gasteiger partial charge in [0.05, 0.1) is 10.5 Å². The van der Waals surface area contributed by atoms with Gasteiger partial charge in [0.25, 0.3) is 0 Å². The van der Waals surface area contributed by atoms with E-state index >= 15 is 0 Å². The van der Waals surface area contributed by atoms with Gasteiger partial charge in [0.2, 0.25) is 10.0 Å². The molecule has 116 valence electrons. The molecule has 1 N–H and O–H groups in total. The molecule has 0 bridgehead atoms. The van der Waals surface area contributed by atoms with Gasteiger partial charge in [-0.3, -0.25) is 4.21 Å². The Balaban J connectivity index is 2.49. The zero-order valence-corrected chi connectivity index (χ0v) is 14.4. The molecular weight excluding hydrogens is 382 g/mol. The zero-order valence-electron chi connectivity index (χ0n) is 11.2. The van der Waals surface area contributed by atoms with E-state index in [2.05, 4.69) is 15.9 Å². The molecule has 6 nitrogen and oxygen atoms in total. The van der Waals surface area contributed by atoms with E-state index in [9.17, 15) is 17.4 Å². The summed E-state index contributed by atoms with van der Waals surface area (Å²) in [5, 5.41) is 9.07. The summed E-state index contributed by atoms with van der Waals surface area (Å²) in [5.41, 5.74) is 0.373. The van der Waals surface area contributed by atoms with Crippen LogP contribution in [0, 0.1) is 6.92 Å². The highest BCUT2D eigenvalue weighted by Crippen LogP contribution is 2.28. The van der Waals surface area contributed by atoms with Crippen LogP contribution in [0.2, 0.25) is 0 Å². The summed E-state index contributed by atoms with van der Waals surface area (Å²) >= 11 is 3.20. The number of hydrogen-bond acceptors (Lipinski definition) is 4. The molecule has 0 radical (unpaired) electrons. The summed E-state index contributed by atoms with van der Waals surface area (Å²) in [6.45, 7) is 1.98. The van der Waals surface area contributed by atoms with Crippen LogP contribution in [0.25, 0.3) is 0 Å². The van der Waals surface area contributed by atoms with E-state index in [-0.39, 0.29) is 23.5 Å². The second kappa shape index (κ2) is 6.15. The van der Waals surface area contributed by atoms with E-state index in [1.807, 2.05) is 0 Å². The van der Waals surface area contributed by atoms with E-state index in [1.54, 1.807) is 6.92 Å². The third kappa shape index (κ3) is 3.36. The van der Waals surface area contributed by atoms with Crippen molar-refractivity contribution >= 4 is 42.7 Å². The number of carboxylic acid groups (broad SMARTS) is 1. The Labute approximate surface area is 133 Å². The van der Waals surface area contributed by atoms with Crippen LogP contribution < -0.4 is 0 Å². The first-order chi connectivity index (χ1) is 9.73. The lowest BCUT2D eigenvalue weighted by atomic mass is 10.1. The fourth-order valence-electron chi connectivity index (χ4n) is 2.05. The standard InChI is InChI=1S/C12H14BrNO5S2/c1-8-10(13)6-9(12(15)16)7-11(8)21(18,19)14-2-4-20(17)5-3-14/h6-7H,2-5H2,1H3,(H,15,16). The second-order valence-corrected chi connectivity index (χ2v) is 9.10. The lowest BCUT2D eigenvalue weighted by Crippen LogP contribution is -2.42. The highest BCUT2D eigenvalue weighted by Gasteiger charge is 2.30. The molecule has 1 aliphatic rings. The van der Waals surface area contributed by atoms with Gasteiger partial charge in [0.1, 0.15) is 0 Å². The van der Waals surface area contributed by atoms with E-state index < -0.39 is 26.8 Å². The Kier molecular flexibility index (Phi) is 4.86. The van der Waals surface area contributed by atoms with E-state index in [4.69, 9.17) is 5.11 Å². The van der Waals surface area contributed by atoms with Gasteiger partial charge in [0, 0.05) is 39.9 Å². The van der Waals surface area contributed by atoms with Crippen molar-refractivity contribution in [2.75, 3.05) is 24.6 Å². The van der Waals surface area contributed by atoms with Crippen LogP contribution in [-0.4, -0.2) is 52.6 Å². The monoisotopic (exact) mass is 395 g/mol.